The number of hydrogen-bond acceptors (Lipinski definition) is 3. The molecule has 0 bridgehead atoms. The van der Waals surface area contributed by atoms with Crippen LogP contribution in [-0.4, -0.2) is 31.3 Å². The summed E-state index contributed by atoms with van der Waals surface area (Å²) in [7, 11) is 1.77. The smallest absolute Gasteiger partial charge is 0.0657 e. The van der Waals surface area contributed by atoms with Crippen LogP contribution in [0.15, 0.2) is 30.3 Å². The van der Waals surface area contributed by atoms with Gasteiger partial charge in [-0.05, 0) is 24.2 Å². The van der Waals surface area contributed by atoms with E-state index in [-0.39, 0.29) is 0 Å². The van der Waals surface area contributed by atoms with Gasteiger partial charge >= 0.3 is 0 Å². The van der Waals surface area contributed by atoms with Crippen LogP contribution in [0.3, 0.4) is 0 Å². The summed E-state index contributed by atoms with van der Waals surface area (Å²) >= 11 is 2.12. The zero-order chi connectivity index (χ0) is 12.6. The van der Waals surface area contributed by atoms with Crippen molar-refractivity contribution in [3.8, 4) is 0 Å². The molecule has 2 atom stereocenters. The van der Waals surface area contributed by atoms with Crippen molar-refractivity contribution in [2.75, 3.05) is 26.0 Å². The lowest BCUT2D eigenvalue weighted by molar-refractivity contribution is 0.167. The predicted octanol–water partition coefficient (Wildman–Crippen LogP) is 3.25. The highest BCUT2D eigenvalue weighted by Gasteiger charge is 2.16. The van der Waals surface area contributed by atoms with Crippen LogP contribution in [0.4, 0.5) is 0 Å². The summed E-state index contributed by atoms with van der Waals surface area (Å²) in [5.41, 5.74) is 1.32. The summed E-state index contributed by atoms with van der Waals surface area (Å²) < 4.78 is 5.33. The molecule has 18 heavy (non-hydrogen) atoms. The maximum atomic E-state index is 5.33. The Hall–Kier alpha value is -0.510. The van der Waals surface area contributed by atoms with Gasteiger partial charge in [0.05, 0.1) is 12.6 Å². The van der Waals surface area contributed by atoms with E-state index in [0.29, 0.717) is 6.04 Å². The van der Waals surface area contributed by atoms with Crippen LogP contribution in [-0.2, 0) is 4.74 Å². The van der Waals surface area contributed by atoms with Crippen LogP contribution < -0.4 is 5.32 Å². The molecule has 3 heteroatoms. The molecule has 2 rings (SSSR count). The molecule has 0 spiro atoms. The highest BCUT2D eigenvalue weighted by Crippen LogP contribution is 2.25. The van der Waals surface area contributed by atoms with E-state index in [4.69, 9.17) is 4.74 Å². The minimum atomic E-state index is 0.318. The van der Waals surface area contributed by atoms with Gasteiger partial charge in [0.2, 0.25) is 0 Å². The van der Waals surface area contributed by atoms with E-state index < -0.39 is 0 Å². The number of hydrogen-bond donors (Lipinski definition) is 1. The summed E-state index contributed by atoms with van der Waals surface area (Å²) in [5, 5.41) is 4.44. The molecule has 0 aromatic heterocycles. The lowest BCUT2D eigenvalue weighted by atomic mass is 10.1. The molecule has 0 radical (unpaired) electrons. The second kappa shape index (κ2) is 7.82. The topological polar surface area (TPSA) is 21.3 Å². The Balaban J connectivity index is 1.86. The van der Waals surface area contributed by atoms with Gasteiger partial charge in [-0.25, -0.2) is 0 Å². The average Bonchev–Trinajstić information content (AvgIpc) is 2.45. The molecule has 0 saturated carbocycles. The lowest BCUT2D eigenvalue weighted by Crippen LogP contribution is -2.32. The monoisotopic (exact) mass is 265 g/mol. The Labute approximate surface area is 114 Å². The number of nitrogens with one attached hydrogen (secondary N) is 1. The zero-order valence-electron chi connectivity index (χ0n) is 11.1. The Bertz CT molecular complexity index is 325. The molecule has 1 aromatic carbocycles. The highest BCUT2D eigenvalue weighted by atomic mass is 32.2. The summed E-state index contributed by atoms with van der Waals surface area (Å²) in [5.74, 6) is 1.33. The fourth-order valence-electron chi connectivity index (χ4n) is 2.37. The van der Waals surface area contributed by atoms with Gasteiger partial charge in [0.25, 0.3) is 0 Å². The molecule has 1 aliphatic heterocycles. The first-order valence-corrected chi connectivity index (χ1v) is 7.84. The minimum Gasteiger partial charge on any atom is -0.383 e. The Morgan fingerprint density at radius 1 is 1.33 bits per heavy atom. The van der Waals surface area contributed by atoms with Crippen LogP contribution in [0.25, 0.3) is 0 Å². The van der Waals surface area contributed by atoms with Crippen molar-refractivity contribution < 1.29 is 4.74 Å². The van der Waals surface area contributed by atoms with Gasteiger partial charge in [0.15, 0.2) is 0 Å². The first-order valence-electron chi connectivity index (χ1n) is 6.79. The molecule has 0 aliphatic carbocycles. The first kappa shape index (κ1) is 13.9. The number of rotatable bonds is 6. The Kier molecular flexibility index (Phi) is 6.05. The minimum absolute atomic E-state index is 0.318. The highest BCUT2D eigenvalue weighted by molar-refractivity contribution is 7.99. The van der Waals surface area contributed by atoms with Gasteiger partial charge < -0.3 is 10.1 Å². The number of thioether (sulfide) groups is 1. The van der Waals surface area contributed by atoms with Crippen molar-refractivity contribution in [1.29, 1.82) is 0 Å². The van der Waals surface area contributed by atoms with Crippen molar-refractivity contribution in [3.63, 3.8) is 0 Å². The standard InChI is InChI=1S/C15H23NOS/c1-17-12-15(13-7-3-2-4-8-13)16-11-14-9-5-6-10-18-14/h2-4,7-8,14-16H,5-6,9-12H2,1H3. The molecular formula is C15H23NOS. The van der Waals surface area contributed by atoms with Crippen molar-refractivity contribution in [1.82, 2.24) is 5.32 Å². The summed E-state index contributed by atoms with van der Waals surface area (Å²) in [6.07, 6.45) is 4.13. The molecule has 1 fully saturated rings. The van der Waals surface area contributed by atoms with Crippen molar-refractivity contribution in [3.05, 3.63) is 35.9 Å². The van der Waals surface area contributed by atoms with Crippen LogP contribution in [0, 0.1) is 0 Å². The molecule has 1 N–H and O–H groups in total. The average molecular weight is 265 g/mol. The van der Waals surface area contributed by atoms with Crippen molar-refractivity contribution in [2.45, 2.75) is 30.6 Å². The third-order valence-electron chi connectivity index (χ3n) is 3.40. The molecule has 100 valence electrons. The summed E-state index contributed by atoms with van der Waals surface area (Å²) in [4.78, 5) is 0. The van der Waals surface area contributed by atoms with Gasteiger partial charge in [-0.3, -0.25) is 0 Å². The van der Waals surface area contributed by atoms with Crippen LogP contribution >= 0.6 is 11.8 Å². The quantitative estimate of drug-likeness (QED) is 0.853. The fourth-order valence-corrected chi connectivity index (χ4v) is 3.62. The van der Waals surface area contributed by atoms with Crippen LogP contribution in [0.5, 0.6) is 0 Å². The molecule has 1 aromatic rings. The molecule has 1 saturated heterocycles. The third kappa shape index (κ3) is 4.30. The van der Waals surface area contributed by atoms with Crippen LogP contribution in [0.1, 0.15) is 30.9 Å². The van der Waals surface area contributed by atoms with Gasteiger partial charge in [-0.15, -0.1) is 0 Å². The maximum Gasteiger partial charge on any atom is 0.0657 e. The zero-order valence-corrected chi connectivity index (χ0v) is 11.9. The predicted molar refractivity (Wildman–Crippen MR) is 79.2 cm³/mol. The van der Waals surface area contributed by atoms with E-state index in [1.54, 1.807) is 7.11 Å². The van der Waals surface area contributed by atoms with E-state index in [9.17, 15) is 0 Å². The first-order chi connectivity index (χ1) is 8.90. The van der Waals surface area contributed by atoms with Crippen molar-refractivity contribution >= 4 is 11.8 Å². The van der Waals surface area contributed by atoms with E-state index in [2.05, 4.69) is 47.4 Å². The number of benzene rings is 1. The number of ether oxygens (including phenoxy) is 1. The van der Waals surface area contributed by atoms with Gasteiger partial charge in [0.1, 0.15) is 0 Å². The summed E-state index contributed by atoms with van der Waals surface area (Å²) in [6, 6.07) is 10.9. The molecule has 2 nitrogen and oxygen atoms in total. The lowest BCUT2D eigenvalue weighted by Gasteiger charge is -2.25. The van der Waals surface area contributed by atoms with Crippen molar-refractivity contribution in [2.24, 2.45) is 0 Å². The van der Waals surface area contributed by atoms with Gasteiger partial charge in [-0.1, -0.05) is 36.8 Å². The fraction of sp³-hybridized carbons (Fsp3) is 0.600. The second-order valence-electron chi connectivity index (χ2n) is 4.82. The molecule has 0 amide bonds. The Morgan fingerprint density at radius 3 is 2.83 bits per heavy atom. The summed E-state index contributed by atoms with van der Waals surface area (Å²) in [6.45, 7) is 1.83. The number of methoxy groups -OCH3 is 1. The van der Waals surface area contributed by atoms with Crippen LogP contribution in [0.2, 0.25) is 0 Å². The third-order valence-corrected chi connectivity index (χ3v) is 4.80. The molecule has 2 unspecified atom stereocenters. The van der Waals surface area contributed by atoms with Gasteiger partial charge in [0, 0.05) is 18.9 Å². The van der Waals surface area contributed by atoms with E-state index >= 15 is 0 Å². The van der Waals surface area contributed by atoms with Gasteiger partial charge in [-0.2, -0.15) is 11.8 Å². The van der Waals surface area contributed by atoms with E-state index in [1.807, 2.05) is 0 Å². The normalized spacial score (nSPS) is 21.7. The van der Waals surface area contributed by atoms with E-state index in [0.717, 1.165) is 18.4 Å². The molecule has 1 heterocycles. The molecule has 1 aliphatic rings. The van der Waals surface area contributed by atoms with E-state index in [1.165, 1.54) is 30.6 Å². The second-order valence-corrected chi connectivity index (χ2v) is 6.22. The Morgan fingerprint density at radius 2 is 2.17 bits per heavy atom. The molecular weight excluding hydrogens is 242 g/mol. The SMILES string of the molecule is COCC(NCC1CCCCS1)c1ccccc1. The largest absolute Gasteiger partial charge is 0.383 e. The maximum absolute atomic E-state index is 5.33.